The molecule has 0 bridgehead atoms. The second-order valence-electron chi connectivity index (χ2n) is 19.5. The normalized spacial score (nSPS) is 12.6. The Morgan fingerprint density at radius 2 is 0.554 bits per heavy atom. The van der Waals surface area contributed by atoms with E-state index in [2.05, 4.69) is 57.7 Å². The number of rotatable bonds is 26. The molecule has 0 radical (unpaired) electrons. The zero-order valence-electron chi connectivity index (χ0n) is 47.2. The Morgan fingerprint density at radius 1 is 0.351 bits per heavy atom. The number of ether oxygens (including phenoxy) is 8. The maximum atomic E-state index is 12.5. The summed E-state index contributed by atoms with van der Waals surface area (Å²) in [5, 5.41) is 0. The summed E-state index contributed by atoms with van der Waals surface area (Å²) in [5.41, 5.74) is 8.85. The van der Waals surface area contributed by atoms with Gasteiger partial charge in [0, 0.05) is 0 Å². The summed E-state index contributed by atoms with van der Waals surface area (Å²) >= 11 is 0. The number of hydrogen-bond acceptors (Lipinski definition) is 17. The highest BCUT2D eigenvalue weighted by Gasteiger charge is 2.22. The lowest BCUT2D eigenvalue weighted by Gasteiger charge is -2.22. The van der Waals surface area contributed by atoms with E-state index in [1.807, 2.05) is 24.3 Å². The lowest BCUT2D eigenvalue weighted by molar-refractivity contribution is -0.137. The van der Waals surface area contributed by atoms with Crippen molar-refractivity contribution in [2.24, 2.45) is 29.4 Å². The van der Waals surface area contributed by atoms with E-state index in [1.165, 1.54) is 18.2 Å². The molecule has 0 aliphatic heterocycles. The van der Waals surface area contributed by atoms with Gasteiger partial charge in [0.25, 0.3) is 0 Å². The number of carbonyl (C=O) groups is 4. The van der Waals surface area contributed by atoms with Gasteiger partial charge in [-0.2, -0.15) is 0 Å². The summed E-state index contributed by atoms with van der Waals surface area (Å²) < 4.78 is 43.7. The van der Waals surface area contributed by atoms with Crippen molar-refractivity contribution in [1.29, 1.82) is 0 Å². The monoisotopic (exact) mass is 1030 g/mol. The second-order valence-corrected chi connectivity index (χ2v) is 19.5. The van der Waals surface area contributed by atoms with E-state index in [-0.39, 0.29) is 61.0 Å². The van der Waals surface area contributed by atoms with Crippen LogP contribution in [0.2, 0.25) is 0 Å². The third kappa shape index (κ3) is 22.9. The SMILES string of the molecule is CN.COc1ccc(C[C@@H](C)[C@@H](C)Cc2ccc(OC)c(OC)c2)cc1OC.C[C@H](Cc1ccc(OC(=O)CN(C)C)c(OC(=O)CN(C)C)c1)[C@@H](C)Cc1ccc(OC(=O)CN(C)C)c(OC(=O)CN(C)C)c1. The fourth-order valence-electron chi connectivity index (χ4n) is 7.65. The fraction of sp³-hybridized carbons (Fsp3) is 0.509. The van der Waals surface area contributed by atoms with Crippen molar-refractivity contribution in [2.45, 2.75) is 53.4 Å². The van der Waals surface area contributed by atoms with Crippen LogP contribution in [0, 0.1) is 23.7 Å². The Hall–Kier alpha value is -6.24. The molecule has 74 heavy (non-hydrogen) atoms. The van der Waals surface area contributed by atoms with Crippen molar-refractivity contribution in [1.82, 2.24) is 19.6 Å². The van der Waals surface area contributed by atoms with Crippen LogP contribution in [0.4, 0.5) is 0 Å². The summed E-state index contributed by atoms with van der Waals surface area (Å²) in [4.78, 5) is 56.4. The van der Waals surface area contributed by atoms with Crippen LogP contribution >= 0.6 is 0 Å². The molecule has 0 saturated carbocycles. The molecule has 0 aromatic heterocycles. The van der Waals surface area contributed by atoms with Gasteiger partial charge in [-0.3, -0.25) is 38.8 Å². The number of esters is 4. The molecule has 0 aliphatic rings. The Bertz CT molecular complexity index is 2210. The van der Waals surface area contributed by atoms with Gasteiger partial charge in [0.1, 0.15) is 0 Å². The summed E-state index contributed by atoms with van der Waals surface area (Å²) in [6.45, 7) is 9.15. The van der Waals surface area contributed by atoms with Gasteiger partial charge in [-0.1, -0.05) is 52.0 Å². The maximum Gasteiger partial charge on any atom is 0.325 e. The van der Waals surface area contributed by atoms with Crippen LogP contribution in [0.15, 0.2) is 72.8 Å². The zero-order chi connectivity index (χ0) is 55.7. The fourth-order valence-corrected chi connectivity index (χ4v) is 7.65. The van der Waals surface area contributed by atoms with Crippen molar-refractivity contribution >= 4 is 23.9 Å². The molecule has 410 valence electrons. The molecule has 4 atom stereocenters. The molecule has 4 aromatic rings. The number of benzene rings is 4. The molecule has 2 N–H and O–H groups in total. The number of carbonyl (C=O) groups excluding carboxylic acids is 4. The summed E-state index contributed by atoms with van der Waals surface area (Å²) in [5.74, 6) is 3.43. The van der Waals surface area contributed by atoms with E-state index in [0.29, 0.717) is 24.7 Å². The minimum Gasteiger partial charge on any atom is -0.493 e. The van der Waals surface area contributed by atoms with Crippen LogP contribution in [-0.4, -0.2) is 162 Å². The molecule has 0 heterocycles. The molecule has 4 aromatic carbocycles. The molecule has 0 unspecified atom stereocenters. The Morgan fingerprint density at radius 3 is 0.770 bits per heavy atom. The standard InChI is InChI=1S/C34H50N4O8.C22H30O4.CH5N/c1-23(15-25-11-13-27(43-31(39)19-35(3)4)29(17-25)45-33(41)21-37(7)8)24(2)16-26-12-14-28(44-32(40)20-36(5)6)30(18-26)46-34(42)22-38(9)10;1-15(11-17-7-9-19(23-3)21(13-17)25-5)16(2)12-18-8-10-20(24-4)22(14-18)26-6;1-2/h11-14,17-18,23-24H,15-16,19-22H2,1-10H3;7-10,13-16H,11-12H2,1-6H3;2H2,1H3/t23-,24+;15-,16+;. The lowest BCUT2D eigenvalue weighted by Crippen LogP contribution is -2.27. The number of likely N-dealkylation sites (N-methyl/N-ethyl adjacent to an activating group) is 4. The average molecular weight is 1030 g/mol. The van der Waals surface area contributed by atoms with Crippen LogP contribution in [0.25, 0.3) is 0 Å². The Balaban J connectivity index is 0.000000564. The predicted molar refractivity (Wildman–Crippen MR) is 290 cm³/mol. The first-order valence-electron chi connectivity index (χ1n) is 24.7. The highest BCUT2D eigenvalue weighted by Crippen LogP contribution is 2.35. The minimum absolute atomic E-state index is 0.0723. The first-order chi connectivity index (χ1) is 35.0. The molecule has 0 saturated heterocycles. The second kappa shape index (κ2) is 32.8. The number of hydrogen-bond donors (Lipinski definition) is 1. The van der Waals surface area contributed by atoms with Crippen molar-refractivity contribution < 1.29 is 57.1 Å². The van der Waals surface area contributed by atoms with Crippen molar-refractivity contribution in [3.63, 3.8) is 0 Å². The number of methoxy groups -OCH3 is 4. The van der Waals surface area contributed by atoms with Crippen LogP contribution in [0.5, 0.6) is 46.0 Å². The molecule has 17 heteroatoms. The van der Waals surface area contributed by atoms with Gasteiger partial charge < -0.3 is 43.6 Å². The molecule has 0 fully saturated rings. The lowest BCUT2D eigenvalue weighted by atomic mass is 9.85. The van der Waals surface area contributed by atoms with Gasteiger partial charge in [0.05, 0.1) is 54.6 Å². The third-order valence-corrected chi connectivity index (χ3v) is 11.8. The highest BCUT2D eigenvalue weighted by molar-refractivity contribution is 5.79. The summed E-state index contributed by atoms with van der Waals surface area (Å²) in [6, 6.07) is 22.8. The molecular weight excluding hydrogens is 947 g/mol. The molecule has 0 aliphatic carbocycles. The van der Waals surface area contributed by atoms with Crippen LogP contribution in [0.1, 0.15) is 49.9 Å². The quantitative estimate of drug-likeness (QED) is 0.0503. The van der Waals surface area contributed by atoms with Gasteiger partial charge in [0.15, 0.2) is 46.0 Å². The summed E-state index contributed by atoms with van der Waals surface area (Å²) in [6.07, 6.45) is 3.32. The average Bonchev–Trinajstić information content (AvgIpc) is 3.32. The van der Waals surface area contributed by atoms with Gasteiger partial charge in [-0.05, 0) is 184 Å². The molecule has 4 rings (SSSR count). The molecule has 0 spiro atoms. The molecule has 0 amide bonds. The van der Waals surface area contributed by atoms with E-state index < -0.39 is 23.9 Å². The van der Waals surface area contributed by atoms with Crippen LogP contribution in [-0.2, 0) is 44.9 Å². The minimum atomic E-state index is -0.466. The first kappa shape index (κ1) is 63.9. The van der Waals surface area contributed by atoms with Crippen LogP contribution in [0.3, 0.4) is 0 Å². The molecular formula is C57H85N5O12. The summed E-state index contributed by atoms with van der Waals surface area (Å²) in [7, 11) is 22.3. The van der Waals surface area contributed by atoms with Gasteiger partial charge >= 0.3 is 23.9 Å². The van der Waals surface area contributed by atoms with Crippen molar-refractivity contribution in [3.8, 4) is 46.0 Å². The van der Waals surface area contributed by atoms with Crippen molar-refractivity contribution in [3.05, 3.63) is 95.1 Å². The van der Waals surface area contributed by atoms with E-state index in [9.17, 15) is 19.2 Å². The van der Waals surface area contributed by atoms with E-state index in [4.69, 9.17) is 37.9 Å². The maximum absolute atomic E-state index is 12.5. The first-order valence-corrected chi connectivity index (χ1v) is 24.7. The highest BCUT2D eigenvalue weighted by atomic mass is 16.6. The topological polar surface area (TPSA) is 181 Å². The van der Waals surface area contributed by atoms with Crippen LogP contribution < -0.4 is 43.6 Å². The number of nitrogens with zero attached hydrogens (tertiary/aromatic N) is 4. The predicted octanol–water partition coefficient (Wildman–Crippen LogP) is 6.97. The van der Waals surface area contributed by atoms with Gasteiger partial charge in [-0.15, -0.1) is 0 Å². The zero-order valence-corrected chi connectivity index (χ0v) is 47.2. The number of nitrogens with two attached hydrogens (primary N) is 1. The van der Waals surface area contributed by atoms with Crippen molar-refractivity contribution in [2.75, 3.05) is 118 Å². The third-order valence-electron chi connectivity index (χ3n) is 11.8. The van der Waals surface area contributed by atoms with Gasteiger partial charge in [-0.25, -0.2) is 0 Å². The largest absolute Gasteiger partial charge is 0.493 e. The van der Waals surface area contributed by atoms with E-state index in [1.54, 1.807) is 129 Å². The Kier molecular flexibility index (Phi) is 28.3. The smallest absolute Gasteiger partial charge is 0.325 e. The molecule has 17 nitrogen and oxygen atoms in total. The Labute approximate surface area is 441 Å². The van der Waals surface area contributed by atoms with E-state index in [0.717, 1.165) is 47.0 Å². The van der Waals surface area contributed by atoms with E-state index >= 15 is 0 Å². The van der Waals surface area contributed by atoms with Gasteiger partial charge in [0.2, 0.25) is 0 Å².